The van der Waals surface area contributed by atoms with E-state index >= 15 is 0 Å². The van der Waals surface area contributed by atoms with Gasteiger partial charge in [-0.05, 0) is 0 Å². The van der Waals surface area contributed by atoms with Gasteiger partial charge in [0, 0.05) is 12.2 Å². The fourth-order valence-corrected chi connectivity index (χ4v) is 0.338. The maximum atomic E-state index is 8.36. The van der Waals surface area contributed by atoms with Gasteiger partial charge in [-0.1, -0.05) is 0 Å². The molecule has 8 N–H and O–H groups in total. The zero-order valence-electron chi connectivity index (χ0n) is 7.43. The number of nitrogens with one attached hydrogen (secondary N) is 3. The van der Waals surface area contributed by atoms with Crippen molar-refractivity contribution >= 4 is 17.8 Å². The Morgan fingerprint density at radius 3 is 1.67 bits per heavy atom. The highest BCUT2D eigenvalue weighted by Gasteiger charge is 2.02. The zero-order valence-corrected chi connectivity index (χ0v) is 7.43. The van der Waals surface area contributed by atoms with Gasteiger partial charge in [0.1, 0.15) is 0 Å². The average Bonchev–Trinajstić information content (AvgIpc) is 2.31. The Bertz CT molecular complexity index is 262. The Labute approximate surface area is 83.8 Å². The van der Waals surface area contributed by atoms with Crippen LogP contribution in [0.1, 0.15) is 0 Å². The van der Waals surface area contributed by atoms with E-state index in [1.54, 1.807) is 0 Å². The van der Waals surface area contributed by atoms with Crippen LogP contribution in [-0.2, 0) is 4.74 Å². The molecule has 1 aliphatic rings. The van der Waals surface area contributed by atoms with Crippen molar-refractivity contribution in [1.82, 2.24) is 0 Å². The number of hydrogen-bond acceptors (Lipinski definition) is 6. The summed E-state index contributed by atoms with van der Waals surface area (Å²) in [5.74, 6) is -0.241. The molecule has 1 rings (SSSR count). The molecule has 10 nitrogen and oxygen atoms in total. The van der Waals surface area contributed by atoms with Gasteiger partial charge in [-0.25, -0.2) is 0 Å². The Morgan fingerprint density at radius 2 is 1.60 bits per heavy atom. The van der Waals surface area contributed by atoms with Gasteiger partial charge >= 0.3 is 0 Å². The van der Waals surface area contributed by atoms with Crippen molar-refractivity contribution in [1.29, 1.82) is 16.2 Å². The molecule has 0 bridgehead atoms. The summed E-state index contributed by atoms with van der Waals surface area (Å²) in [6, 6.07) is 0. The second-order valence-corrected chi connectivity index (χ2v) is 1.86. The first-order chi connectivity index (χ1) is 6.75. The number of hydrogen-bond donors (Lipinski definition) is 6. The van der Waals surface area contributed by atoms with Crippen molar-refractivity contribution in [3.05, 3.63) is 22.3 Å². The highest BCUT2D eigenvalue weighted by atomic mass is 16.9. The number of ether oxygens (including phenoxy) is 1. The van der Waals surface area contributed by atoms with Crippen molar-refractivity contribution in [2.45, 2.75) is 0 Å². The van der Waals surface area contributed by atoms with E-state index in [-0.39, 0.29) is 17.8 Å². The molecule has 0 amide bonds. The summed E-state index contributed by atoms with van der Waals surface area (Å²) in [5.41, 5.74) is 8.94. The van der Waals surface area contributed by atoms with Gasteiger partial charge in [-0.15, -0.1) is 10.1 Å². The zero-order chi connectivity index (χ0) is 12.4. The summed E-state index contributed by atoms with van der Waals surface area (Å²) in [5, 5.41) is 33.2. The molecule has 0 saturated carbocycles. The highest BCUT2D eigenvalue weighted by Crippen LogP contribution is 1.93. The van der Waals surface area contributed by atoms with E-state index in [9.17, 15) is 0 Å². The standard InChI is InChI=1S/C4H4N2O.CH5N3.HNO3/c5-3-1-2-4(6)7-3;2*2-1(3)4/h1-2,5-6H;(H5,2,3,4);(H,2,3,4). The van der Waals surface area contributed by atoms with Gasteiger partial charge in [0.2, 0.25) is 11.8 Å². The molecule has 15 heavy (non-hydrogen) atoms. The number of nitrogens with two attached hydrogens (primary N) is 2. The molecule has 0 atom stereocenters. The van der Waals surface area contributed by atoms with E-state index in [2.05, 4.69) is 16.2 Å². The van der Waals surface area contributed by atoms with Crippen LogP contribution in [0.4, 0.5) is 0 Å². The lowest BCUT2D eigenvalue weighted by Crippen LogP contribution is -2.20. The normalized spacial score (nSPS) is 11.5. The number of guanidine groups is 1. The lowest BCUT2D eigenvalue weighted by Gasteiger charge is -1.87. The Balaban J connectivity index is 0. The van der Waals surface area contributed by atoms with Crippen LogP contribution in [-0.4, -0.2) is 28.0 Å². The lowest BCUT2D eigenvalue weighted by atomic mass is 10.5. The van der Waals surface area contributed by atoms with Crippen LogP contribution >= 0.6 is 0 Å². The smallest absolute Gasteiger partial charge is 0.291 e. The molecule has 0 saturated heterocycles. The van der Waals surface area contributed by atoms with Crippen LogP contribution in [0.2, 0.25) is 0 Å². The second kappa shape index (κ2) is 7.97. The van der Waals surface area contributed by atoms with Crippen molar-refractivity contribution in [2.75, 3.05) is 0 Å². The first-order valence-corrected chi connectivity index (χ1v) is 3.21. The summed E-state index contributed by atoms with van der Waals surface area (Å²) < 4.78 is 4.42. The van der Waals surface area contributed by atoms with Gasteiger partial charge in [0.05, 0.1) is 0 Å². The number of nitrogens with zero attached hydrogens (tertiary/aromatic N) is 1. The molecule has 0 aliphatic carbocycles. The molecule has 10 heteroatoms. The summed E-state index contributed by atoms with van der Waals surface area (Å²) in [6.45, 7) is 0. The molecule has 0 aromatic rings. The van der Waals surface area contributed by atoms with E-state index in [1.807, 2.05) is 0 Å². The Hall–Kier alpha value is -2.65. The van der Waals surface area contributed by atoms with E-state index in [0.29, 0.717) is 0 Å². The third-order valence-electron chi connectivity index (χ3n) is 0.606. The minimum absolute atomic E-state index is 0.0463. The van der Waals surface area contributed by atoms with E-state index in [0.717, 1.165) is 0 Å². The maximum absolute atomic E-state index is 8.36. The average molecular weight is 218 g/mol. The van der Waals surface area contributed by atoms with Crippen LogP contribution in [0, 0.1) is 26.3 Å². The maximum Gasteiger partial charge on any atom is 0.291 e. The lowest BCUT2D eigenvalue weighted by molar-refractivity contribution is -0.742. The van der Waals surface area contributed by atoms with Crippen molar-refractivity contribution in [2.24, 2.45) is 11.5 Å². The summed E-state index contributed by atoms with van der Waals surface area (Å²) in [6.07, 6.45) is 2.87. The van der Waals surface area contributed by atoms with Gasteiger partial charge in [0.25, 0.3) is 5.09 Å². The molecule has 0 aromatic heterocycles. The molecular formula is C5H10N6O4. The van der Waals surface area contributed by atoms with E-state index in [1.165, 1.54) is 12.2 Å². The predicted molar refractivity (Wildman–Crippen MR) is 50.6 cm³/mol. The molecule has 0 fully saturated rings. The molecule has 84 valence electrons. The van der Waals surface area contributed by atoms with Gasteiger partial charge in [-0.2, -0.15) is 0 Å². The van der Waals surface area contributed by atoms with E-state index in [4.69, 9.17) is 31.5 Å². The van der Waals surface area contributed by atoms with Crippen molar-refractivity contribution in [3.63, 3.8) is 0 Å². The number of rotatable bonds is 0. The minimum Gasteiger partial charge on any atom is -0.422 e. The summed E-state index contributed by atoms with van der Waals surface area (Å²) in [4.78, 5) is 8.36. The fourth-order valence-electron chi connectivity index (χ4n) is 0.338. The Kier molecular flexibility index (Phi) is 7.89. The van der Waals surface area contributed by atoms with Crippen LogP contribution in [0.5, 0.6) is 0 Å². The van der Waals surface area contributed by atoms with E-state index < -0.39 is 5.09 Å². The molecule has 0 radical (unpaired) electrons. The predicted octanol–water partition coefficient (Wildman–Crippen LogP) is -0.982. The SMILES string of the molecule is N=C(N)N.N=C1C=CC(=N)O1.O=[N+]([O-])O. The first kappa shape index (κ1) is 14.9. The second-order valence-electron chi connectivity index (χ2n) is 1.86. The third-order valence-corrected chi connectivity index (χ3v) is 0.606. The largest absolute Gasteiger partial charge is 0.422 e. The van der Waals surface area contributed by atoms with Gasteiger partial charge < -0.3 is 21.4 Å². The molecule has 1 aliphatic heterocycles. The molecule has 1 heterocycles. The monoisotopic (exact) mass is 218 g/mol. The van der Waals surface area contributed by atoms with Crippen LogP contribution in [0.25, 0.3) is 0 Å². The van der Waals surface area contributed by atoms with Crippen LogP contribution in [0.15, 0.2) is 12.2 Å². The van der Waals surface area contributed by atoms with Crippen LogP contribution in [0.3, 0.4) is 0 Å². The fraction of sp³-hybridized carbons (Fsp3) is 0. The quantitative estimate of drug-likeness (QED) is 0.130. The Morgan fingerprint density at radius 1 is 1.40 bits per heavy atom. The molecule has 0 spiro atoms. The topological polar surface area (TPSA) is 196 Å². The van der Waals surface area contributed by atoms with Gasteiger partial charge in [-0.3, -0.25) is 16.2 Å². The van der Waals surface area contributed by atoms with Crippen LogP contribution < -0.4 is 11.5 Å². The molecule has 0 aromatic carbocycles. The van der Waals surface area contributed by atoms with Gasteiger partial charge in [0.15, 0.2) is 5.96 Å². The third kappa shape index (κ3) is 24.6. The van der Waals surface area contributed by atoms with Crippen molar-refractivity contribution in [3.8, 4) is 0 Å². The molecule has 0 unspecified atom stereocenters. The van der Waals surface area contributed by atoms with Crippen molar-refractivity contribution < 1.29 is 15.0 Å². The highest BCUT2D eigenvalue weighted by molar-refractivity contribution is 6.07. The molecular weight excluding hydrogens is 208 g/mol. The summed E-state index contributed by atoms with van der Waals surface area (Å²) >= 11 is 0. The summed E-state index contributed by atoms with van der Waals surface area (Å²) in [7, 11) is 0. The first-order valence-electron chi connectivity index (χ1n) is 3.21. The minimum atomic E-state index is -1.50.